The molecule has 2 rings (SSSR count). The summed E-state index contributed by atoms with van der Waals surface area (Å²) in [7, 11) is 0. The zero-order chi connectivity index (χ0) is 14.7. The van der Waals surface area contributed by atoms with Crippen LogP contribution in [0.15, 0.2) is 23.4 Å². The van der Waals surface area contributed by atoms with E-state index in [-0.39, 0.29) is 18.2 Å². The summed E-state index contributed by atoms with van der Waals surface area (Å²) in [5.41, 5.74) is 0.415. The van der Waals surface area contributed by atoms with Gasteiger partial charge in [0.15, 0.2) is 11.0 Å². The Hall–Kier alpha value is -1.28. The van der Waals surface area contributed by atoms with Crippen molar-refractivity contribution in [2.45, 2.75) is 11.8 Å². The molecule has 0 amide bonds. The van der Waals surface area contributed by atoms with Crippen LogP contribution in [0.1, 0.15) is 5.82 Å². The van der Waals surface area contributed by atoms with Gasteiger partial charge in [-0.3, -0.25) is 9.36 Å². The molecule has 0 unspecified atom stereocenters. The van der Waals surface area contributed by atoms with Crippen LogP contribution in [-0.4, -0.2) is 36.7 Å². The number of carbonyl (C=O) groups is 1. The molecule has 6 nitrogen and oxygen atoms in total. The summed E-state index contributed by atoms with van der Waals surface area (Å²) in [5.74, 6) is -0.945. The highest BCUT2D eigenvalue weighted by atomic mass is 35.5. The Balaban J connectivity index is 2.53. The molecule has 0 aliphatic carbocycles. The Morgan fingerprint density at radius 2 is 1.95 bits per heavy atom. The molecule has 1 aromatic heterocycles. The summed E-state index contributed by atoms with van der Waals surface area (Å²) in [4.78, 5) is 10.7. The van der Waals surface area contributed by atoms with E-state index in [1.54, 1.807) is 18.2 Å². The smallest absolute Gasteiger partial charge is 0.313 e. The highest BCUT2D eigenvalue weighted by Gasteiger charge is 2.19. The van der Waals surface area contributed by atoms with Crippen molar-refractivity contribution < 1.29 is 15.0 Å². The number of carboxylic acids is 1. The van der Waals surface area contributed by atoms with E-state index in [9.17, 15) is 9.90 Å². The van der Waals surface area contributed by atoms with Crippen molar-refractivity contribution in [1.82, 2.24) is 14.8 Å². The Morgan fingerprint density at radius 1 is 1.30 bits per heavy atom. The van der Waals surface area contributed by atoms with E-state index in [2.05, 4.69) is 10.2 Å². The topological polar surface area (TPSA) is 88.2 Å². The summed E-state index contributed by atoms with van der Waals surface area (Å²) >= 11 is 13.2. The first kappa shape index (κ1) is 15.1. The minimum Gasteiger partial charge on any atom is -0.481 e. The largest absolute Gasteiger partial charge is 0.481 e. The number of para-hydroxylation sites is 1. The fourth-order valence-corrected chi connectivity index (χ4v) is 2.79. The predicted molar refractivity (Wildman–Crippen MR) is 75.7 cm³/mol. The highest BCUT2D eigenvalue weighted by molar-refractivity contribution is 7.99. The van der Waals surface area contributed by atoms with Crippen molar-refractivity contribution in [3.63, 3.8) is 0 Å². The van der Waals surface area contributed by atoms with Gasteiger partial charge in [0.05, 0.1) is 21.5 Å². The van der Waals surface area contributed by atoms with Gasteiger partial charge in [0, 0.05) is 0 Å². The number of nitrogens with zero attached hydrogens (tertiary/aromatic N) is 3. The molecule has 106 valence electrons. The number of aliphatic hydroxyl groups is 1. The fourth-order valence-electron chi connectivity index (χ4n) is 1.55. The number of thioether (sulfide) groups is 1. The van der Waals surface area contributed by atoms with Crippen molar-refractivity contribution in [3.05, 3.63) is 34.1 Å². The number of carboxylic acid groups (broad SMARTS) is 1. The second-order valence-corrected chi connectivity index (χ2v) is 5.40. The minimum absolute atomic E-state index is 0.189. The molecule has 2 aromatic rings. The maximum Gasteiger partial charge on any atom is 0.313 e. The van der Waals surface area contributed by atoms with Gasteiger partial charge in [0.2, 0.25) is 0 Å². The summed E-state index contributed by atoms with van der Waals surface area (Å²) in [6.45, 7) is -0.373. The molecule has 1 aromatic carbocycles. The van der Waals surface area contributed by atoms with Crippen LogP contribution in [0, 0.1) is 0 Å². The quantitative estimate of drug-likeness (QED) is 0.816. The van der Waals surface area contributed by atoms with Crippen molar-refractivity contribution in [3.8, 4) is 5.69 Å². The molecule has 0 aliphatic rings. The molecule has 0 saturated carbocycles. The maximum atomic E-state index is 10.7. The van der Waals surface area contributed by atoms with E-state index in [4.69, 9.17) is 28.3 Å². The summed E-state index contributed by atoms with van der Waals surface area (Å²) < 4.78 is 1.46. The third-order valence-electron chi connectivity index (χ3n) is 2.33. The molecular weight excluding hydrogens is 325 g/mol. The summed E-state index contributed by atoms with van der Waals surface area (Å²) in [5, 5.41) is 26.7. The first-order valence-corrected chi connectivity index (χ1v) is 7.13. The van der Waals surface area contributed by atoms with Crippen LogP contribution in [0.5, 0.6) is 0 Å². The average Bonchev–Trinajstić information content (AvgIpc) is 2.79. The first-order valence-electron chi connectivity index (χ1n) is 5.38. The van der Waals surface area contributed by atoms with Crippen LogP contribution in [0.3, 0.4) is 0 Å². The molecule has 0 radical (unpaired) electrons. The standard InChI is InChI=1S/C11H9Cl2N3O3S/c12-6-2-1-3-7(13)10(6)16-8(4-17)14-15-11(16)20-5-9(18)19/h1-3,17H,4-5H2,(H,18,19). The van der Waals surface area contributed by atoms with Gasteiger partial charge in [-0.1, -0.05) is 41.0 Å². The molecule has 0 fully saturated rings. The first-order chi connectivity index (χ1) is 9.54. The van der Waals surface area contributed by atoms with E-state index in [0.717, 1.165) is 11.8 Å². The van der Waals surface area contributed by atoms with E-state index < -0.39 is 5.97 Å². The molecule has 0 atom stereocenters. The monoisotopic (exact) mass is 333 g/mol. The Bertz CT molecular complexity index is 628. The Labute approximate surface area is 128 Å². The zero-order valence-electron chi connectivity index (χ0n) is 9.95. The van der Waals surface area contributed by atoms with Gasteiger partial charge in [0.1, 0.15) is 6.61 Å². The zero-order valence-corrected chi connectivity index (χ0v) is 12.3. The van der Waals surface area contributed by atoms with Gasteiger partial charge in [-0.15, -0.1) is 10.2 Å². The molecule has 0 bridgehead atoms. The van der Waals surface area contributed by atoms with Gasteiger partial charge in [-0.25, -0.2) is 0 Å². The number of hydrogen-bond acceptors (Lipinski definition) is 5. The van der Waals surface area contributed by atoms with Crippen molar-refractivity contribution in [2.75, 3.05) is 5.75 Å². The number of rotatable bonds is 5. The summed E-state index contributed by atoms with van der Waals surface area (Å²) in [6.07, 6.45) is 0. The number of aliphatic carboxylic acids is 1. The number of hydrogen-bond donors (Lipinski definition) is 2. The number of benzene rings is 1. The van der Waals surface area contributed by atoms with Crippen molar-refractivity contribution in [1.29, 1.82) is 0 Å². The lowest BCUT2D eigenvalue weighted by Gasteiger charge is -2.12. The number of aliphatic hydroxyl groups excluding tert-OH is 1. The Morgan fingerprint density at radius 3 is 2.50 bits per heavy atom. The molecule has 0 aliphatic heterocycles. The third kappa shape index (κ3) is 3.06. The molecule has 1 heterocycles. The summed E-state index contributed by atoms with van der Waals surface area (Å²) in [6, 6.07) is 4.95. The maximum absolute atomic E-state index is 10.7. The average molecular weight is 334 g/mol. The van der Waals surface area contributed by atoms with E-state index in [0.29, 0.717) is 20.9 Å². The van der Waals surface area contributed by atoms with E-state index >= 15 is 0 Å². The lowest BCUT2D eigenvalue weighted by Crippen LogP contribution is -2.06. The number of aromatic nitrogens is 3. The SMILES string of the molecule is O=C(O)CSc1nnc(CO)n1-c1c(Cl)cccc1Cl. The van der Waals surface area contributed by atoms with Crippen molar-refractivity contribution in [2.24, 2.45) is 0 Å². The van der Waals surface area contributed by atoms with E-state index in [1.165, 1.54) is 4.57 Å². The van der Waals surface area contributed by atoms with Crippen LogP contribution in [0.4, 0.5) is 0 Å². The third-order valence-corrected chi connectivity index (χ3v) is 3.85. The lowest BCUT2D eigenvalue weighted by atomic mass is 10.3. The molecule has 2 N–H and O–H groups in total. The van der Waals surface area contributed by atoms with Crippen LogP contribution in [0.25, 0.3) is 5.69 Å². The molecule has 0 saturated heterocycles. The van der Waals surface area contributed by atoms with E-state index in [1.807, 2.05) is 0 Å². The lowest BCUT2D eigenvalue weighted by molar-refractivity contribution is -0.133. The fraction of sp³-hybridized carbons (Fsp3) is 0.182. The van der Waals surface area contributed by atoms with Crippen LogP contribution >= 0.6 is 35.0 Å². The highest BCUT2D eigenvalue weighted by Crippen LogP contribution is 2.32. The molecule has 20 heavy (non-hydrogen) atoms. The van der Waals surface area contributed by atoms with Crippen molar-refractivity contribution >= 4 is 40.9 Å². The van der Waals surface area contributed by atoms with Crippen LogP contribution in [-0.2, 0) is 11.4 Å². The number of halogens is 2. The van der Waals surface area contributed by atoms with Crippen LogP contribution < -0.4 is 0 Å². The van der Waals surface area contributed by atoms with Gasteiger partial charge in [-0.2, -0.15) is 0 Å². The van der Waals surface area contributed by atoms with Gasteiger partial charge >= 0.3 is 5.97 Å². The Kier molecular flexibility index (Phi) is 4.87. The normalized spacial score (nSPS) is 10.8. The minimum atomic E-state index is -0.986. The molecular formula is C11H9Cl2N3O3S. The molecule has 9 heteroatoms. The van der Waals surface area contributed by atoms with Gasteiger partial charge < -0.3 is 10.2 Å². The molecule has 0 spiro atoms. The predicted octanol–water partition coefficient (Wildman–Crippen LogP) is 2.24. The second-order valence-electron chi connectivity index (χ2n) is 3.65. The van der Waals surface area contributed by atoms with Gasteiger partial charge in [-0.05, 0) is 12.1 Å². The van der Waals surface area contributed by atoms with Crippen LogP contribution in [0.2, 0.25) is 10.0 Å². The van der Waals surface area contributed by atoms with Gasteiger partial charge in [0.25, 0.3) is 0 Å². The second kappa shape index (κ2) is 6.45.